The number of halogens is 1. The lowest BCUT2D eigenvalue weighted by molar-refractivity contribution is -0.144. The van der Waals surface area contributed by atoms with Gasteiger partial charge in [-0.25, -0.2) is 4.79 Å². The van der Waals surface area contributed by atoms with E-state index in [9.17, 15) is 9.90 Å². The summed E-state index contributed by atoms with van der Waals surface area (Å²) in [6, 6.07) is 1.46. The molecule has 2 heterocycles. The van der Waals surface area contributed by atoms with Gasteiger partial charge in [-0.1, -0.05) is 0 Å². The van der Waals surface area contributed by atoms with Crippen LogP contribution >= 0.6 is 39.5 Å². The molecule has 0 radical (unpaired) electrons. The van der Waals surface area contributed by atoms with Crippen LogP contribution in [0.5, 0.6) is 0 Å². The van der Waals surface area contributed by atoms with Crippen molar-refractivity contribution < 1.29 is 14.6 Å². The first kappa shape index (κ1) is 17.4. The number of hydrogen-bond acceptors (Lipinski definition) is 5. The van der Waals surface area contributed by atoms with Crippen LogP contribution in [-0.4, -0.2) is 34.9 Å². The van der Waals surface area contributed by atoms with Crippen molar-refractivity contribution in [2.45, 2.75) is 32.4 Å². The van der Waals surface area contributed by atoms with Crippen LogP contribution in [0.15, 0.2) is 26.5 Å². The van der Waals surface area contributed by atoms with E-state index in [2.05, 4.69) is 26.6 Å². The van der Waals surface area contributed by atoms with Gasteiger partial charge in [0.1, 0.15) is 6.10 Å². The summed E-state index contributed by atoms with van der Waals surface area (Å²) in [5, 5.41) is 17.5. The largest absolute Gasteiger partial charge is 0.459 e. The molecule has 8 heteroatoms. The summed E-state index contributed by atoms with van der Waals surface area (Å²) in [7, 11) is 0. The first-order valence-electron chi connectivity index (χ1n) is 6.74. The van der Waals surface area contributed by atoms with Gasteiger partial charge in [0.25, 0.3) is 0 Å². The van der Waals surface area contributed by atoms with Crippen molar-refractivity contribution >= 4 is 50.6 Å². The van der Waals surface area contributed by atoms with Crippen LogP contribution in [0.4, 0.5) is 0 Å². The van der Waals surface area contributed by atoms with E-state index in [1.807, 2.05) is 18.4 Å². The highest BCUT2D eigenvalue weighted by molar-refractivity contribution is 9.11. The predicted octanol–water partition coefficient (Wildman–Crippen LogP) is 2.10. The summed E-state index contributed by atoms with van der Waals surface area (Å²) in [5.41, 5.74) is 2.10. The van der Waals surface area contributed by atoms with Crippen molar-refractivity contribution in [1.29, 1.82) is 0 Å². The van der Waals surface area contributed by atoms with Crippen LogP contribution < -0.4 is 10.6 Å². The molecule has 1 aliphatic heterocycles. The third kappa shape index (κ3) is 4.07. The average molecular weight is 405 g/mol. The molecule has 0 saturated carbocycles. The Morgan fingerprint density at radius 2 is 2.36 bits per heavy atom. The monoisotopic (exact) mass is 404 g/mol. The fourth-order valence-electron chi connectivity index (χ4n) is 2.26. The molecule has 2 rings (SSSR count). The highest BCUT2D eigenvalue weighted by Crippen LogP contribution is 2.25. The van der Waals surface area contributed by atoms with E-state index in [4.69, 9.17) is 17.0 Å². The molecule has 120 valence electrons. The number of allylic oxidation sites excluding steroid dienone is 1. The molecule has 5 nitrogen and oxygen atoms in total. The fourth-order valence-corrected chi connectivity index (χ4v) is 3.83. The van der Waals surface area contributed by atoms with Crippen LogP contribution in [0, 0.1) is 0 Å². The van der Waals surface area contributed by atoms with Crippen LogP contribution in [-0.2, 0) is 16.0 Å². The van der Waals surface area contributed by atoms with Gasteiger partial charge in [-0.15, -0.1) is 11.3 Å². The van der Waals surface area contributed by atoms with Crippen molar-refractivity contribution in [3.05, 3.63) is 32.1 Å². The number of aliphatic hydroxyl groups is 1. The molecule has 1 aromatic rings. The van der Waals surface area contributed by atoms with Gasteiger partial charge in [-0.05, 0) is 59.0 Å². The molecule has 2 atom stereocenters. The van der Waals surface area contributed by atoms with Crippen LogP contribution in [0.25, 0.3) is 0 Å². The van der Waals surface area contributed by atoms with Gasteiger partial charge in [0.2, 0.25) is 0 Å². The normalized spacial score (nSPS) is 19.5. The van der Waals surface area contributed by atoms with Gasteiger partial charge in [0, 0.05) is 12.1 Å². The molecule has 0 aliphatic carbocycles. The zero-order valence-corrected chi connectivity index (χ0v) is 15.4. The van der Waals surface area contributed by atoms with E-state index < -0.39 is 12.0 Å². The Morgan fingerprint density at radius 3 is 2.95 bits per heavy atom. The zero-order chi connectivity index (χ0) is 16.3. The van der Waals surface area contributed by atoms with Gasteiger partial charge in [0.15, 0.2) is 5.11 Å². The van der Waals surface area contributed by atoms with Crippen molar-refractivity contribution in [1.82, 2.24) is 10.6 Å². The minimum absolute atomic E-state index is 0.228. The van der Waals surface area contributed by atoms with Gasteiger partial charge in [-0.2, -0.15) is 0 Å². The lowest BCUT2D eigenvalue weighted by Crippen LogP contribution is -2.51. The second-order valence-corrected chi connectivity index (χ2v) is 7.65. The average Bonchev–Trinajstić information content (AvgIpc) is 2.82. The Balaban J connectivity index is 2.05. The maximum absolute atomic E-state index is 12.4. The van der Waals surface area contributed by atoms with Crippen LogP contribution in [0.3, 0.4) is 0 Å². The number of carbonyl (C=O) groups excluding carboxylic acids is 1. The van der Waals surface area contributed by atoms with Crippen molar-refractivity contribution in [3.63, 3.8) is 0 Å². The molecule has 0 amide bonds. The van der Waals surface area contributed by atoms with Gasteiger partial charge in [0.05, 0.1) is 22.0 Å². The van der Waals surface area contributed by atoms with Crippen molar-refractivity contribution in [2.24, 2.45) is 0 Å². The van der Waals surface area contributed by atoms with E-state index in [0.29, 0.717) is 22.8 Å². The summed E-state index contributed by atoms with van der Waals surface area (Å²) < 4.78 is 6.56. The number of hydrogen-bond donors (Lipinski definition) is 3. The smallest absolute Gasteiger partial charge is 0.338 e. The molecule has 2 unspecified atom stereocenters. The van der Waals surface area contributed by atoms with Gasteiger partial charge < -0.3 is 20.5 Å². The Hall–Kier alpha value is -0.960. The number of thiophene rings is 1. The number of rotatable bonds is 5. The Morgan fingerprint density at radius 1 is 1.64 bits per heavy atom. The van der Waals surface area contributed by atoms with Crippen LogP contribution in [0.2, 0.25) is 0 Å². The number of aliphatic hydroxyl groups excluding tert-OH is 1. The Bertz CT molecular complexity index is 615. The quantitative estimate of drug-likeness (QED) is 0.515. The molecule has 1 aromatic heterocycles. The molecule has 3 N–H and O–H groups in total. The summed E-state index contributed by atoms with van der Waals surface area (Å²) in [6.07, 6.45) is 0.359. The highest BCUT2D eigenvalue weighted by atomic mass is 79.9. The minimum Gasteiger partial charge on any atom is -0.459 e. The lowest BCUT2D eigenvalue weighted by atomic mass is 10.0. The van der Waals surface area contributed by atoms with Crippen molar-refractivity contribution in [2.75, 3.05) is 6.61 Å². The summed E-state index contributed by atoms with van der Waals surface area (Å²) in [4.78, 5) is 12.4. The van der Waals surface area contributed by atoms with Gasteiger partial charge >= 0.3 is 5.97 Å². The maximum atomic E-state index is 12.4. The molecular weight excluding hydrogens is 388 g/mol. The molecular formula is C14H17BrN2O3S2. The van der Waals surface area contributed by atoms with E-state index in [1.165, 1.54) is 0 Å². The fraction of sp³-hybridized carbons (Fsp3) is 0.429. The second kappa shape index (κ2) is 7.54. The highest BCUT2D eigenvalue weighted by Gasteiger charge is 2.30. The number of ether oxygens (including phenoxy) is 1. The standard InChI is InChI=1S/C14H17BrN2O3S2/c1-7(5-9-3-4-22-12(9)15)20-13(19)11-8(2)16-14(21)17-10(11)6-18/h3-4,7,10,18H,5-6H2,1-2H3,(H2,16,17,21). The first-order valence-corrected chi connectivity index (χ1v) is 8.82. The molecule has 0 spiro atoms. The molecule has 0 fully saturated rings. The Labute approximate surface area is 146 Å². The van der Waals surface area contributed by atoms with Gasteiger partial charge in [-0.3, -0.25) is 0 Å². The minimum atomic E-state index is -0.540. The molecule has 22 heavy (non-hydrogen) atoms. The summed E-state index contributed by atoms with van der Waals surface area (Å²) in [5.74, 6) is -0.446. The molecule has 0 saturated heterocycles. The number of esters is 1. The first-order chi connectivity index (χ1) is 10.4. The number of nitrogens with one attached hydrogen (secondary N) is 2. The molecule has 0 bridgehead atoms. The zero-order valence-electron chi connectivity index (χ0n) is 12.2. The summed E-state index contributed by atoms with van der Waals surface area (Å²) >= 11 is 10.1. The Kier molecular flexibility index (Phi) is 5.96. The summed E-state index contributed by atoms with van der Waals surface area (Å²) in [6.45, 7) is 3.36. The third-order valence-corrected chi connectivity index (χ3v) is 5.30. The third-order valence-electron chi connectivity index (χ3n) is 3.27. The molecule has 0 aromatic carbocycles. The number of carbonyl (C=O) groups is 1. The second-order valence-electron chi connectivity index (χ2n) is 5.01. The van der Waals surface area contributed by atoms with Crippen molar-refractivity contribution in [3.8, 4) is 0 Å². The van der Waals surface area contributed by atoms with Crippen LogP contribution in [0.1, 0.15) is 19.4 Å². The maximum Gasteiger partial charge on any atom is 0.338 e. The SMILES string of the molecule is CC1=C(C(=O)OC(C)Cc2ccsc2Br)C(CO)NC(=S)N1. The number of thiocarbonyl (C=S) groups is 1. The van der Waals surface area contributed by atoms with E-state index in [0.717, 1.165) is 9.35 Å². The predicted molar refractivity (Wildman–Crippen MR) is 93.7 cm³/mol. The molecule has 1 aliphatic rings. The lowest BCUT2D eigenvalue weighted by Gasteiger charge is -2.28. The van der Waals surface area contributed by atoms with E-state index in [-0.39, 0.29) is 12.7 Å². The van der Waals surface area contributed by atoms with E-state index in [1.54, 1.807) is 18.3 Å². The topological polar surface area (TPSA) is 70.6 Å². The van der Waals surface area contributed by atoms with E-state index >= 15 is 0 Å².